The van der Waals surface area contributed by atoms with Gasteiger partial charge in [0.1, 0.15) is 11.6 Å². The normalized spacial score (nSPS) is 10.6. The van der Waals surface area contributed by atoms with E-state index >= 15 is 0 Å². The molecule has 114 valence electrons. The summed E-state index contributed by atoms with van der Waals surface area (Å²) < 4.78 is 18.8. The molecule has 0 saturated carbocycles. The number of hydrogen-bond acceptors (Lipinski definition) is 4. The van der Waals surface area contributed by atoms with Crippen molar-refractivity contribution < 1.29 is 19.1 Å². The zero-order valence-electron chi connectivity index (χ0n) is 11.3. The first-order chi connectivity index (χ1) is 10.6. The average molecular weight is 367 g/mol. The summed E-state index contributed by atoms with van der Waals surface area (Å²) in [6, 6.07) is 10.5. The molecular formula is C15H12BrFN2O3. The minimum Gasteiger partial charge on any atom is -0.483 e. The van der Waals surface area contributed by atoms with Crippen LogP contribution in [0.3, 0.4) is 0 Å². The van der Waals surface area contributed by atoms with Gasteiger partial charge in [0, 0.05) is 5.69 Å². The number of anilines is 1. The fraction of sp³-hybridized carbons (Fsp3) is 0.0667. The Balaban J connectivity index is 1.92. The first kappa shape index (κ1) is 16.0. The Morgan fingerprint density at radius 3 is 2.68 bits per heavy atom. The van der Waals surface area contributed by atoms with E-state index in [2.05, 4.69) is 26.4 Å². The van der Waals surface area contributed by atoms with Crippen molar-refractivity contribution in [3.05, 3.63) is 58.3 Å². The van der Waals surface area contributed by atoms with E-state index in [9.17, 15) is 9.18 Å². The molecular weight excluding hydrogens is 355 g/mol. The minimum absolute atomic E-state index is 0.191. The number of halogens is 2. The Labute approximate surface area is 134 Å². The molecule has 0 bridgehead atoms. The maximum absolute atomic E-state index is 12.8. The van der Waals surface area contributed by atoms with Crippen LogP contribution in [0.15, 0.2) is 52.1 Å². The molecule has 2 aromatic carbocycles. The molecule has 0 radical (unpaired) electrons. The highest BCUT2D eigenvalue weighted by Gasteiger charge is 2.07. The Kier molecular flexibility index (Phi) is 5.48. The topological polar surface area (TPSA) is 70.9 Å². The number of benzene rings is 2. The molecule has 0 aliphatic carbocycles. The minimum atomic E-state index is -0.371. The van der Waals surface area contributed by atoms with Crippen molar-refractivity contribution in [3.63, 3.8) is 0 Å². The molecule has 1 amide bonds. The van der Waals surface area contributed by atoms with Gasteiger partial charge < -0.3 is 15.3 Å². The van der Waals surface area contributed by atoms with Crippen LogP contribution in [0, 0.1) is 5.82 Å². The van der Waals surface area contributed by atoms with Crippen LogP contribution in [0.2, 0.25) is 0 Å². The maximum Gasteiger partial charge on any atom is 0.262 e. The zero-order chi connectivity index (χ0) is 15.9. The van der Waals surface area contributed by atoms with Gasteiger partial charge in [0.05, 0.1) is 10.7 Å². The number of rotatable bonds is 5. The van der Waals surface area contributed by atoms with E-state index in [1.54, 1.807) is 18.2 Å². The molecule has 0 spiro atoms. The lowest BCUT2D eigenvalue weighted by atomic mass is 10.2. The molecule has 2 rings (SSSR count). The van der Waals surface area contributed by atoms with Gasteiger partial charge in [-0.25, -0.2) is 4.39 Å². The monoisotopic (exact) mass is 366 g/mol. The summed E-state index contributed by atoms with van der Waals surface area (Å²) in [5.74, 6) is -0.256. The van der Waals surface area contributed by atoms with Gasteiger partial charge in [0.25, 0.3) is 5.91 Å². The van der Waals surface area contributed by atoms with E-state index < -0.39 is 0 Å². The molecule has 22 heavy (non-hydrogen) atoms. The summed E-state index contributed by atoms with van der Waals surface area (Å²) in [5, 5.41) is 14.0. The lowest BCUT2D eigenvalue weighted by Crippen LogP contribution is -2.20. The van der Waals surface area contributed by atoms with Crippen LogP contribution in [0.4, 0.5) is 10.1 Å². The van der Waals surface area contributed by atoms with E-state index in [1.165, 1.54) is 30.5 Å². The summed E-state index contributed by atoms with van der Waals surface area (Å²) in [6.07, 6.45) is 1.27. The Hall–Kier alpha value is -2.41. The van der Waals surface area contributed by atoms with E-state index in [0.717, 1.165) is 0 Å². The van der Waals surface area contributed by atoms with Gasteiger partial charge in [-0.2, -0.15) is 0 Å². The number of nitrogens with zero attached hydrogens (tertiary/aromatic N) is 1. The summed E-state index contributed by atoms with van der Waals surface area (Å²) in [5.41, 5.74) is 1.17. The Morgan fingerprint density at radius 2 is 2.05 bits per heavy atom. The number of oxime groups is 1. The predicted octanol–water partition coefficient (Wildman–Crippen LogP) is 3.41. The smallest absolute Gasteiger partial charge is 0.262 e. The average Bonchev–Trinajstić information content (AvgIpc) is 2.49. The van der Waals surface area contributed by atoms with Gasteiger partial charge in [-0.05, 0) is 64.0 Å². The second kappa shape index (κ2) is 7.56. The molecule has 2 N–H and O–H groups in total. The van der Waals surface area contributed by atoms with Crippen molar-refractivity contribution in [2.75, 3.05) is 11.9 Å². The third kappa shape index (κ3) is 4.56. The fourth-order valence-corrected chi connectivity index (χ4v) is 2.17. The molecule has 7 heteroatoms. The van der Waals surface area contributed by atoms with Crippen LogP contribution in [-0.4, -0.2) is 23.9 Å². The largest absolute Gasteiger partial charge is 0.483 e. The lowest BCUT2D eigenvalue weighted by molar-refractivity contribution is -0.118. The van der Waals surface area contributed by atoms with E-state index in [4.69, 9.17) is 9.94 Å². The van der Waals surface area contributed by atoms with Gasteiger partial charge in [-0.1, -0.05) is 5.16 Å². The Morgan fingerprint density at radius 1 is 1.32 bits per heavy atom. The summed E-state index contributed by atoms with van der Waals surface area (Å²) in [4.78, 5) is 11.8. The van der Waals surface area contributed by atoms with Crippen LogP contribution in [0.5, 0.6) is 5.75 Å². The van der Waals surface area contributed by atoms with Gasteiger partial charge in [0.15, 0.2) is 6.61 Å². The molecule has 0 atom stereocenters. The molecule has 0 aliphatic rings. The van der Waals surface area contributed by atoms with Crippen LogP contribution >= 0.6 is 15.9 Å². The van der Waals surface area contributed by atoms with E-state index in [1.807, 2.05) is 0 Å². The third-order valence-corrected chi connectivity index (χ3v) is 3.27. The maximum atomic E-state index is 12.8. The lowest BCUT2D eigenvalue weighted by Gasteiger charge is -2.09. The van der Waals surface area contributed by atoms with E-state index in [-0.39, 0.29) is 18.3 Å². The second-order valence-corrected chi connectivity index (χ2v) is 5.13. The van der Waals surface area contributed by atoms with Crippen LogP contribution in [-0.2, 0) is 4.79 Å². The third-order valence-electron chi connectivity index (χ3n) is 2.65. The van der Waals surface area contributed by atoms with Gasteiger partial charge in [-0.3, -0.25) is 4.79 Å². The van der Waals surface area contributed by atoms with Crippen LogP contribution in [0.1, 0.15) is 5.56 Å². The highest BCUT2D eigenvalue weighted by Crippen LogP contribution is 2.25. The molecule has 0 unspecified atom stereocenters. The number of ether oxygens (including phenoxy) is 1. The predicted molar refractivity (Wildman–Crippen MR) is 84.0 cm³/mol. The number of hydrogen-bond donors (Lipinski definition) is 2. The van der Waals surface area contributed by atoms with Crippen LogP contribution < -0.4 is 10.1 Å². The van der Waals surface area contributed by atoms with Crippen molar-refractivity contribution in [1.29, 1.82) is 0 Å². The molecule has 0 saturated heterocycles. The number of amides is 1. The quantitative estimate of drug-likeness (QED) is 0.483. The second-order valence-electron chi connectivity index (χ2n) is 4.28. The molecule has 0 heterocycles. The van der Waals surface area contributed by atoms with Crippen molar-refractivity contribution in [2.24, 2.45) is 5.16 Å². The Bertz CT molecular complexity index is 690. The first-order valence-corrected chi connectivity index (χ1v) is 7.03. The summed E-state index contributed by atoms with van der Waals surface area (Å²) >= 11 is 3.30. The highest BCUT2D eigenvalue weighted by atomic mass is 79.9. The standard InChI is InChI=1S/C15H12BrFN2O3/c16-13-7-10(8-18-21)1-6-14(13)22-9-15(20)19-12-4-2-11(17)3-5-12/h1-8,21H,9H2,(H,19,20)/b18-8+. The van der Waals surface area contributed by atoms with Gasteiger partial charge >= 0.3 is 0 Å². The molecule has 0 aliphatic heterocycles. The SMILES string of the molecule is O=C(COc1ccc(/C=N/O)cc1Br)Nc1ccc(F)cc1. The molecule has 0 aromatic heterocycles. The van der Waals surface area contributed by atoms with Crippen LogP contribution in [0.25, 0.3) is 0 Å². The molecule has 2 aromatic rings. The fourth-order valence-electron chi connectivity index (χ4n) is 1.65. The van der Waals surface area contributed by atoms with Crippen molar-refractivity contribution in [2.45, 2.75) is 0 Å². The first-order valence-electron chi connectivity index (χ1n) is 6.23. The zero-order valence-corrected chi connectivity index (χ0v) is 12.9. The van der Waals surface area contributed by atoms with E-state index in [0.29, 0.717) is 21.5 Å². The molecule has 0 fully saturated rings. The van der Waals surface area contributed by atoms with Gasteiger partial charge in [-0.15, -0.1) is 0 Å². The summed E-state index contributed by atoms with van der Waals surface area (Å²) in [7, 11) is 0. The summed E-state index contributed by atoms with van der Waals surface area (Å²) in [6.45, 7) is -0.191. The number of carbonyl (C=O) groups is 1. The number of nitrogens with one attached hydrogen (secondary N) is 1. The molecule has 5 nitrogen and oxygen atoms in total. The van der Waals surface area contributed by atoms with Crippen molar-refractivity contribution in [1.82, 2.24) is 0 Å². The van der Waals surface area contributed by atoms with Gasteiger partial charge in [0.2, 0.25) is 0 Å². The highest BCUT2D eigenvalue weighted by molar-refractivity contribution is 9.10. The van der Waals surface area contributed by atoms with Crippen molar-refractivity contribution in [3.8, 4) is 5.75 Å². The number of carbonyl (C=O) groups excluding carboxylic acids is 1. The van der Waals surface area contributed by atoms with Crippen molar-refractivity contribution >= 4 is 33.7 Å².